The summed E-state index contributed by atoms with van der Waals surface area (Å²) in [6.07, 6.45) is 23.7. The van der Waals surface area contributed by atoms with Crippen molar-refractivity contribution in [3.05, 3.63) is 104 Å². The number of hydrogen-bond donors (Lipinski definition) is 0. The Bertz CT molecular complexity index is 2760. The van der Waals surface area contributed by atoms with Crippen LogP contribution in [0.15, 0.2) is 48.5 Å². The molecule has 4 aromatic rings. The van der Waals surface area contributed by atoms with E-state index in [9.17, 15) is 14.4 Å². The van der Waals surface area contributed by atoms with Gasteiger partial charge in [0, 0.05) is 57.1 Å². The number of fused-ring (bicyclic) bond motifs is 3. The van der Waals surface area contributed by atoms with E-state index < -0.39 is 23.6 Å². The Labute approximate surface area is 439 Å². The number of carbonyl (C=O) groups is 4. The minimum absolute atomic E-state index is 0.160. The molecule has 8 nitrogen and oxygen atoms in total. The van der Waals surface area contributed by atoms with Gasteiger partial charge in [-0.25, -0.2) is 0 Å². The number of carbonyl (C=O) groups excluding carboxylic acids is 4. The van der Waals surface area contributed by atoms with Crippen molar-refractivity contribution in [2.24, 2.45) is 0 Å². The van der Waals surface area contributed by atoms with Crippen LogP contribution in [0.5, 0.6) is 0 Å². The number of amides is 4. The van der Waals surface area contributed by atoms with Gasteiger partial charge in [-0.05, 0) is 140 Å². The van der Waals surface area contributed by atoms with Crippen LogP contribution in [0.3, 0.4) is 0 Å². The van der Waals surface area contributed by atoms with Crippen LogP contribution in [0.2, 0.25) is 0 Å². The maximum absolute atomic E-state index is 15.0. The Morgan fingerprint density at radius 2 is 0.904 bits per heavy atom. The van der Waals surface area contributed by atoms with Crippen LogP contribution in [0.4, 0.5) is 0 Å². The second-order valence-corrected chi connectivity index (χ2v) is 22.0. The van der Waals surface area contributed by atoms with Gasteiger partial charge in [0.2, 0.25) is 0 Å². The zero-order chi connectivity index (χ0) is 52.1. The van der Waals surface area contributed by atoms with Gasteiger partial charge < -0.3 is 9.80 Å². The molecule has 2 aliphatic heterocycles. The number of aryl methyl sites for hydroxylation is 1. The van der Waals surface area contributed by atoms with Gasteiger partial charge in [0.05, 0.1) is 11.1 Å². The third-order valence-electron chi connectivity index (χ3n) is 15.8. The number of nitrogens with zero attached hydrogens (tertiary/aromatic N) is 4. The van der Waals surface area contributed by atoms with E-state index in [0.29, 0.717) is 51.4 Å². The quantitative estimate of drug-likeness (QED) is 0.0320. The van der Waals surface area contributed by atoms with E-state index in [1.54, 1.807) is 19.1 Å². The van der Waals surface area contributed by atoms with E-state index in [1.807, 2.05) is 0 Å². The van der Waals surface area contributed by atoms with Crippen LogP contribution < -0.4 is 0 Å². The summed E-state index contributed by atoms with van der Waals surface area (Å²) in [4.78, 5) is 66.4. The van der Waals surface area contributed by atoms with Crippen LogP contribution >= 0.6 is 0 Å². The van der Waals surface area contributed by atoms with Crippen LogP contribution in [0.25, 0.3) is 21.9 Å². The first-order chi connectivity index (χ1) is 35.4. The molecule has 0 spiro atoms. The third kappa shape index (κ3) is 12.5. The molecule has 388 valence electrons. The molecule has 1 aliphatic carbocycles. The van der Waals surface area contributed by atoms with Crippen LogP contribution in [0, 0.1) is 30.6 Å². The lowest BCUT2D eigenvalue weighted by Gasteiger charge is -2.33. The molecule has 3 aliphatic rings. The first-order valence-electron chi connectivity index (χ1n) is 28.3. The number of benzene rings is 4. The van der Waals surface area contributed by atoms with Crippen LogP contribution in [-0.4, -0.2) is 97.6 Å². The lowest BCUT2D eigenvalue weighted by atomic mass is 9.70. The topological polar surface area (TPSA) is 81.2 Å². The lowest BCUT2D eigenvalue weighted by Crippen LogP contribution is -2.44. The Morgan fingerprint density at radius 1 is 0.466 bits per heavy atom. The lowest BCUT2D eigenvalue weighted by molar-refractivity contribution is 0.0585. The van der Waals surface area contributed by atoms with Crippen molar-refractivity contribution in [3.8, 4) is 34.8 Å². The molecule has 0 fully saturated rings. The van der Waals surface area contributed by atoms with Crippen molar-refractivity contribution in [1.82, 2.24) is 19.6 Å². The second-order valence-electron chi connectivity index (χ2n) is 22.0. The predicted octanol–water partition coefficient (Wildman–Crippen LogP) is 14.1. The van der Waals surface area contributed by atoms with E-state index >= 15 is 4.79 Å². The predicted molar refractivity (Wildman–Crippen MR) is 301 cm³/mol. The second kappa shape index (κ2) is 26.1. The molecule has 0 unspecified atom stereocenters. The summed E-state index contributed by atoms with van der Waals surface area (Å²) in [5, 5.41) is 0.702. The number of imide groups is 2. The molecule has 8 heteroatoms. The maximum atomic E-state index is 15.0. The van der Waals surface area contributed by atoms with Gasteiger partial charge in [-0.15, -0.1) is 5.92 Å². The average Bonchev–Trinajstić information content (AvgIpc) is 3.62. The number of unbranched alkanes of at least 4 members (excludes halogenated alkanes) is 16. The Balaban J connectivity index is 1.34. The van der Waals surface area contributed by atoms with E-state index in [1.165, 1.54) is 76.1 Å². The van der Waals surface area contributed by atoms with Crippen LogP contribution in [0.1, 0.15) is 237 Å². The van der Waals surface area contributed by atoms with Gasteiger partial charge in [-0.3, -0.25) is 29.0 Å². The van der Waals surface area contributed by atoms with E-state index in [2.05, 4.69) is 119 Å². The highest BCUT2D eigenvalue weighted by atomic mass is 16.2. The summed E-state index contributed by atoms with van der Waals surface area (Å²) in [5.41, 5.74) is 9.28. The minimum Gasteiger partial charge on any atom is -0.309 e. The molecule has 0 radical (unpaired) electrons. The zero-order valence-corrected chi connectivity index (χ0v) is 45.9. The van der Waals surface area contributed by atoms with Crippen molar-refractivity contribution < 1.29 is 19.2 Å². The van der Waals surface area contributed by atoms with Gasteiger partial charge >= 0.3 is 0 Å². The SMILES string of the molecule is CC#Cc1cc2c3c(c(C#Cc4ccc5c(c4)C(CCCCCCN(C)C)(CCCCCCN(C)C)c4cc(C)ccc4-5)cc4c3c1C(=O)N(CCCCCCCC)C4=O)C(=O)N(CCCCCCCC)C2=O. The largest absolute Gasteiger partial charge is 0.309 e. The zero-order valence-electron chi connectivity index (χ0n) is 45.9. The summed E-state index contributed by atoms with van der Waals surface area (Å²) in [6.45, 7) is 11.1. The highest BCUT2D eigenvalue weighted by molar-refractivity contribution is 6.34. The van der Waals surface area contributed by atoms with Gasteiger partial charge in [0.25, 0.3) is 23.6 Å². The molecular formula is C65H84N4O4. The Hall–Kier alpha value is -5.54. The Morgan fingerprint density at radius 3 is 1.40 bits per heavy atom. The van der Waals surface area contributed by atoms with Crippen molar-refractivity contribution in [3.63, 3.8) is 0 Å². The fourth-order valence-corrected chi connectivity index (χ4v) is 11.9. The molecule has 0 saturated carbocycles. The summed E-state index contributed by atoms with van der Waals surface area (Å²) < 4.78 is 0. The molecular weight excluding hydrogens is 901 g/mol. The van der Waals surface area contributed by atoms with Gasteiger partial charge in [0.1, 0.15) is 0 Å². The molecule has 4 amide bonds. The summed E-state index contributed by atoms with van der Waals surface area (Å²) in [6, 6.07) is 17.1. The van der Waals surface area contributed by atoms with Crippen molar-refractivity contribution in [2.45, 2.75) is 174 Å². The first kappa shape index (κ1) is 55.2. The molecule has 2 heterocycles. The van der Waals surface area contributed by atoms with E-state index in [4.69, 9.17) is 0 Å². The number of hydrogen-bond acceptors (Lipinski definition) is 6. The summed E-state index contributed by atoms with van der Waals surface area (Å²) >= 11 is 0. The van der Waals surface area contributed by atoms with E-state index in [-0.39, 0.29) is 24.1 Å². The fraction of sp³-hybridized carbons (Fsp3) is 0.538. The summed E-state index contributed by atoms with van der Waals surface area (Å²) in [7, 11) is 8.61. The molecule has 0 atom stereocenters. The van der Waals surface area contributed by atoms with Crippen LogP contribution in [-0.2, 0) is 5.41 Å². The minimum atomic E-state index is -0.424. The standard InChI is InChI=1S/C65H84N4O4/c1-9-12-14-16-20-28-41-68-62(71)54-46-50(58-60-53(45-49(30-11-3)57(59(54)60)63(68)72)61(70)69(64(58)73)42-29-21-17-15-13-10-2)34-32-48-33-36-52-51-35-31-47(4)43-55(51)65(56(52)44-48,37-24-18-22-26-39-66(5)6)38-25-19-23-27-40-67(7)8/h31,33,35-36,43-46H,9-10,12-29,37-42H2,1-8H3. The van der Waals surface area contributed by atoms with E-state index in [0.717, 1.165) is 109 Å². The van der Waals surface area contributed by atoms with Crippen molar-refractivity contribution >= 4 is 34.4 Å². The van der Waals surface area contributed by atoms with Crippen molar-refractivity contribution in [1.29, 1.82) is 0 Å². The number of rotatable bonds is 28. The molecule has 0 aromatic heterocycles. The smallest absolute Gasteiger partial charge is 0.262 e. The highest BCUT2D eigenvalue weighted by Crippen LogP contribution is 2.55. The first-order valence-corrected chi connectivity index (χ1v) is 28.3. The van der Waals surface area contributed by atoms with Gasteiger partial charge in [-0.2, -0.15) is 0 Å². The third-order valence-corrected chi connectivity index (χ3v) is 15.8. The van der Waals surface area contributed by atoms with Gasteiger partial charge in [0.15, 0.2) is 0 Å². The average molecular weight is 985 g/mol. The van der Waals surface area contributed by atoms with Gasteiger partial charge in [-0.1, -0.05) is 164 Å². The monoisotopic (exact) mass is 985 g/mol. The normalized spacial score (nSPS) is 14.3. The van der Waals surface area contributed by atoms with Crippen molar-refractivity contribution in [2.75, 3.05) is 54.4 Å². The Kier molecular flexibility index (Phi) is 19.7. The molecule has 7 rings (SSSR count). The molecule has 4 aromatic carbocycles. The fourth-order valence-electron chi connectivity index (χ4n) is 11.9. The molecule has 0 bridgehead atoms. The molecule has 0 N–H and O–H groups in total. The summed E-state index contributed by atoms with van der Waals surface area (Å²) in [5.74, 6) is 11.4. The highest BCUT2D eigenvalue weighted by Gasteiger charge is 2.44. The maximum Gasteiger partial charge on any atom is 0.262 e. The molecule has 0 saturated heterocycles. The molecule has 73 heavy (non-hydrogen) atoms.